The van der Waals surface area contributed by atoms with Gasteiger partial charge in [-0.25, -0.2) is 0 Å². The second kappa shape index (κ2) is 9.44. The Hall–Kier alpha value is -2.76. The maximum atomic E-state index is 12.2. The molecule has 0 spiro atoms. The highest BCUT2D eigenvalue weighted by Gasteiger charge is 2.22. The predicted octanol–water partition coefficient (Wildman–Crippen LogP) is 2.26. The van der Waals surface area contributed by atoms with Gasteiger partial charge < -0.3 is 19.9 Å². The van der Waals surface area contributed by atoms with Crippen molar-refractivity contribution >= 4 is 23.0 Å². The number of nitrogens with one attached hydrogen (secondary N) is 2. The second-order valence-corrected chi connectivity index (χ2v) is 6.94. The maximum Gasteiger partial charge on any atom is 0.387 e. The molecule has 3 rings (SSSR count). The second-order valence-electron chi connectivity index (χ2n) is 6.56. The number of nitrogens with zero attached hydrogens (tertiary/aromatic N) is 2. The summed E-state index contributed by atoms with van der Waals surface area (Å²) in [5, 5.41) is 12.6. The molecule has 1 aliphatic rings. The van der Waals surface area contributed by atoms with E-state index in [0.717, 1.165) is 38.4 Å². The molecule has 1 aliphatic heterocycles. The number of hydrogen-bond acceptors (Lipinski definition) is 3. The number of alkyl halides is 2. The fourth-order valence-corrected chi connectivity index (χ4v) is 3.41. The zero-order valence-electron chi connectivity index (χ0n) is 15.2. The standard InChI is InChI=1S/C20H20F2N4OS/c21-19(22)27-18-7-5-17(6-8-18)24-20(28)26-11-9-25(10-12-26)14-16-3-1-15(13-23)2-4-16/h1-8,19H,9-12,14H2,(H,24,28)/p+1. The van der Waals surface area contributed by atoms with E-state index in [1.807, 2.05) is 24.3 Å². The van der Waals surface area contributed by atoms with Gasteiger partial charge in [-0.05, 0) is 48.6 Å². The molecular weight excluding hydrogens is 382 g/mol. The summed E-state index contributed by atoms with van der Waals surface area (Å²) in [6.07, 6.45) is 0. The molecule has 1 heterocycles. The summed E-state index contributed by atoms with van der Waals surface area (Å²) in [6.45, 7) is 1.69. The van der Waals surface area contributed by atoms with Crippen molar-refractivity contribution in [1.29, 1.82) is 5.26 Å². The molecular formula is C20H21F2N4OS+. The molecule has 0 saturated carbocycles. The molecule has 1 saturated heterocycles. The highest BCUT2D eigenvalue weighted by atomic mass is 32.1. The van der Waals surface area contributed by atoms with Gasteiger partial charge in [-0.2, -0.15) is 14.0 Å². The summed E-state index contributed by atoms with van der Waals surface area (Å²) in [7, 11) is 0. The fourth-order valence-electron chi connectivity index (χ4n) is 3.11. The molecule has 0 aliphatic carbocycles. The Morgan fingerprint density at radius 1 is 1.14 bits per heavy atom. The van der Waals surface area contributed by atoms with Crippen LogP contribution in [0.2, 0.25) is 0 Å². The molecule has 2 N–H and O–H groups in total. The van der Waals surface area contributed by atoms with Crippen molar-refractivity contribution in [2.45, 2.75) is 13.2 Å². The topological polar surface area (TPSA) is 52.7 Å². The summed E-state index contributed by atoms with van der Waals surface area (Å²) in [5.74, 6) is 0.117. The first-order valence-electron chi connectivity index (χ1n) is 8.97. The van der Waals surface area contributed by atoms with Crippen molar-refractivity contribution in [3.8, 4) is 11.8 Å². The number of ether oxygens (including phenoxy) is 1. The van der Waals surface area contributed by atoms with Gasteiger partial charge in [0.05, 0.1) is 37.8 Å². The number of benzene rings is 2. The Balaban J connectivity index is 1.46. The number of piperazine rings is 1. The lowest BCUT2D eigenvalue weighted by Crippen LogP contribution is -3.13. The number of rotatable bonds is 5. The van der Waals surface area contributed by atoms with Gasteiger partial charge in [0.2, 0.25) is 0 Å². The molecule has 0 unspecified atom stereocenters. The van der Waals surface area contributed by atoms with E-state index in [1.54, 1.807) is 12.1 Å². The van der Waals surface area contributed by atoms with E-state index < -0.39 is 6.61 Å². The molecule has 1 fully saturated rings. The van der Waals surface area contributed by atoms with E-state index in [9.17, 15) is 8.78 Å². The van der Waals surface area contributed by atoms with Crippen molar-refractivity contribution in [3.05, 3.63) is 59.7 Å². The van der Waals surface area contributed by atoms with Gasteiger partial charge >= 0.3 is 6.61 Å². The lowest BCUT2D eigenvalue weighted by atomic mass is 10.1. The van der Waals surface area contributed by atoms with E-state index in [1.165, 1.54) is 22.6 Å². The summed E-state index contributed by atoms with van der Waals surface area (Å²) < 4.78 is 28.7. The van der Waals surface area contributed by atoms with Crippen LogP contribution in [0.4, 0.5) is 14.5 Å². The molecule has 2 aromatic rings. The molecule has 28 heavy (non-hydrogen) atoms. The lowest BCUT2D eigenvalue weighted by molar-refractivity contribution is -0.917. The summed E-state index contributed by atoms with van der Waals surface area (Å²) in [6, 6.07) is 16.1. The van der Waals surface area contributed by atoms with E-state index in [0.29, 0.717) is 10.7 Å². The Morgan fingerprint density at radius 2 is 1.79 bits per heavy atom. The number of nitriles is 1. The number of thiocarbonyl (C=S) groups is 1. The van der Waals surface area contributed by atoms with Crippen LogP contribution in [0.3, 0.4) is 0 Å². The van der Waals surface area contributed by atoms with Crippen LogP contribution in [0, 0.1) is 11.3 Å². The Morgan fingerprint density at radius 3 is 2.36 bits per heavy atom. The minimum atomic E-state index is -2.83. The molecule has 0 atom stereocenters. The van der Waals surface area contributed by atoms with E-state index in [4.69, 9.17) is 17.5 Å². The maximum absolute atomic E-state index is 12.2. The first kappa shape index (κ1) is 20.0. The zero-order valence-corrected chi connectivity index (χ0v) is 16.0. The van der Waals surface area contributed by atoms with Crippen LogP contribution in [0.15, 0.2) is 48.5 Å². The molecule has 5 nitrogen and oxygen atoms in total. The van der Waals surface area contributed by atoms with Gasteiger partial charge in [0.25, 0.3) is 0 Å². The third-order valence-corrected chi connectivity index (χ3v) is 4.99. The molecule has 0 bridgehead atoms. The van der Waals surface area contributed by atoms with Crippen molar-refractivity contribution in [2.24, 2.45) is 0 Å². The van der Waals surface area contributed by atoms with Gasteiger partial charge in [-0.1, -0.05) is 12.1 Å². The van der Waals surface area contributed by atoms with Crippen LogP contribution in [0.5, 0.6) is 5.75 Å². The van der Waals surface area contributed by atoms with Crippen LogP contribution in [-0.2, 0) is 6.54 Å². The van der Waals surface area contributed by atoms with Gasteiger partial charge in [0.15, 0.2) is 5.11 Å². The third kappa shape index (κ3) is 5.62. The fraction of sp³-hybridized carbons (Fsp3) is 0.300. The summed E-state index contributed by atoms with van der Waals surface area (Å²) in [4.78, 5) is 3.58. The van der Waals surface area contributed by atoms with Crippen LogP contribution in [0.1, 0.15) is 11.1 Å². The van der Waals surface area contributed by atoms with Crippen LogP contribution in [-0.4, -0.2) is 42.8 Å². The highest BCUT2D eigenvalue weighted by molar-refractivity contribution is 7.80. The highest BCUT2D eigenvalue weighted by Crippen LogP contribution is 2.18. The van der Waals surface area contributed by atoms with E-state index >= 15 is 0 Å². The molecule has 8 heteroatoms. The zero-order chi connectivity index (χ0) is 19.9. The summed E-state index contributed by atoms with van der Waals surface area (Å²) >= 11 is 5.48. The van der Waals surface area contributed by atoms with Crippen molar-refractivity contribution < 1.29 is 18.4 Å². The third-order valence-electron chi connectivity index (χ3n) is 4.63. The van der Waals surface area contributed by atoms with Gasteiger partial charge in [-0.15, -0.1) is 0 Å². The normalized spacial score (nSPS) is 14.6. The number of hydrogen-bond donors (Lipinski definition) is 2. The van der Waals surface area contributed by atoms with Crippen LogP contribution >= 0.6 is 12.2 Å². The first-order chi connectivity index (χ1) is 13.5. The van der Waals surface area contributed by atoms with Crippen LogP contribution in [0.25, 0.3) is 0 Å². The molecule has 0 radical (unpaired) electrons. The number of quaternary nitrogens is 1. The molecule has 2 aromatic carbocycles. The average molecular weight is 403 g/mol. The lowest BCUT2D eigenvalue weighted by Gasteiger charge is -2.34. The minimum absolute atomic E-state index is 0.117. The smallest absolute Gasteiger partial charge is 0.387 e. The minimum Gasteiger partial charge on any atom is -0.435 e. The quantitative estimate of drug-likeness (QED) is 0.750. The number of halogens is 2. The SMILES string of the molecule is N#Cc1ccc(C[NH+]2CCN(C(=S)Nc3ccc(OC(F)F)cc3)CC2)cc1. The molecule has 0 aromatic heterocycles. The summed E-state index contributed by atoms with van der Waals surface area (Å²) in [5.41, 5.74) is 2.63. The molecule has 146 valence electrons. The van der Waals surface area contributed by atoms with Gasteiger partial charge in [0.1, 0.15) is 12.3 Å². The Bertz CT molecular complexity index is 829. The van der Waals surface area contributed by atoms with Crippen molar-refractivity contribution in [2.75, 3.05) is 31.5 Å². The van der Waals surface area contributed by atoms with Crippen molar-refractivity contribution in [1.82, 2.24) is 4.90 Å². The Labute approximate surface area is 168 Å². The van der Waals surface area contributed by atoms with E-state index in [-0.39, 0.29) is 5.75 Å². The Kier molecular flexibility index (Phi) is 6.74. The van der Waals surface area contributed by atoms with Crippen LogP contribution < -0.4 is 15.0 Å². The van der Waals surface area contributed by atoms with Gasteiger partial charge in [0, 0.05) is 11.3 Å². The molecule has 0 amide bonds. The monoisotopic (exact) mass is 403 g/mol. The first-order valence-corrected chi connectivity index (χ1v) is 9.38. The van der Waals surface area contributed by atoms with Gasteiger partial charge in [-0.3, -0.25) is 0 Å². The average Bonchev–Trinajstić information content (AvgIpc) is 2.70. The van der Waals surface area contributed by atoms with Crippen molar-refractivity contribution in [3.63, 3.8) is 0 Å². The predicted molar refractivity (Wildman–Crippen MR) is 106 cm³/mol. The van der Waals surface area contributed by atoms with E-state index in [2.05, 4.69) is 21.0 Å². The largest absolute Gasteiger partial charge is 0.435 e. The number of anilines is 1.